The average Bonchev–Trinajstić information content (AvgIpc) is 2.76. The van der Waals surface area contributed by atoms with Crippen LogP contribution in [-0.4, -0.2) is 53.1 Å². The smallest absolute Gasteiger partial charge is 0.235 e. The first-order valence-corrected chi connectivity index (χ1v) is 9.59. The highest BCUT2D eigenvalue weighted by Crippen LogP contribution is 2.36. The van der Waals surface area contributed by atoms with Crippen LogP contribution in [0.5, 0.6) is 23.0 Å². The fourth-order valence-electron chi connectivity index (χ4n) is 3.09. The number of phenols is 1. The van der Waals surface area contributed by atoms with E-state index in [0.29, 0.717) is 11.3 Å². The minimum Gasteiger partial charge on any atom is -0.504 e. The molecule has 166 valence electrons. The highest BCUT2D eigenvalue weighted by molar-refractivity contribution is 5.83. The molecule has 0 aliphatic rings. The third-order valence-electron chi connectivity index (χ3n) is 4.62. The predicted molar refractivity (Wildman–Crippen MR) is 112 cm³/mol. The summed E-state index contributed by atoms with van der Waals surface area (Å²) in [6.45, 7) is 1.23. The maximum Gasteiger partial charge on any atom is 0.235 e. The predicted octanol–water partition coefficient (Wildman–Crippen LogP) is 2.36. The Bertz CT molecular complexity index is 1110. The lowest BCUT2D eigenvalue weighted by molar-refractivity contribution is -0.125. The summed E-state index contributed by atoms with van der Waals surface area (Å²) in [5.74, 6) is -0.255. The summed E-state index contributed by atoms with van der Waals surface area (Å²) in [4.78, 5) is 12.6. The van der Waals surface area contributed by atoms with Gasteiger partial charge in [0.1, 0.15) is 11.3 Å². The Kier molecular flexibility index (Phi) is 7.01. The first-order chi connectivity index (χ1) is 14.9. The number of hydrogen-bond donors (Lipinski definition) is 4. The molecule has 9 nitrogen and oxygen atoms in total. The zero-order valence-electron chi connectivity index (χ0n) is 17.1. The molecule has 0 saturated heterocycles. The van der Waals surface area contributed by atoms with Crippen molar-refractivity contribution >= 4 is 11.0 Å². The third kappa shape index (κ3) is 4.91. The van der Waals surface area contributed by atoms with Crippen LogP contribution in [0.15, 0.2) is 45.6 Å². The molecule has 4 N–H and O–H groups in total. The number of ether oxygens (including phenoxy) is 3. The van der Waals surface area contributed by atoms with Crippen LogP contribution < -0.4 is 14.9 Å². The fraction of sp³-hybridized carbons (Fsp3) is 0.318. The van der Waals surface area contributed by atoms with E-state index in [9.17, 15) is 20.1 Å². The van der Waals surface area contributed by atoms with Gasteiger partial charge in [-0.3, -0.25) is 4.79 Å². The molecule has 0 saturated carbocycles. The Balaban J connectivity index is 1.95. The van der Waals surface area contributed by atoms with E-state index in [4.69, 9.17) is 23.7 Å². The van der Waals surface area contributed by atoms with E-state index in [2.05, 4.69) is 0 Å². The topological polar surface area (TPSA) is 139 Å². The molecule has 0 spiro atoms. The van der Waals surface area contributed by atoms with Crippen LogP contribution in [-0.2, 0) is 4.74 Å². The monoisotopic (exact) mass is 432 g/mol. The largest absolute Gasteiger partial charge is 0.504 e. The van der Waals surface area contributed by atoms with Crippen molar-refractivity contribution in [2.75, 3.05) is 20.3 Å². The Hall–Kier alpha value is -3.27. The number of rotatable bonds is 9. The van der Waals surface area contributed by atoms with Gasteiger partial charge in [-0.1, -0.05) is 0 Å². The number of aromatic hydroxyl groups is 2. The van der Waals surface area contributed by atoms with Crippen LogP contribution in [0.1, 0.15) is 13.3 Å². The molecular formula is C22H24O9. The second-order valence-corrected chi connectivity index (χ2v) is 6.79. The van der Waals surface area contributed by atoms with Crippen molar-refractivity contribution in [3.8, 4) is 34.3 Å². The van der Waals surface area contributed by atoms with Crippen molar-refractivity contribution in [2.24, 2.45) is 0 Å². The fourth-order valence-corrected chi connectivity index (χ4v) is 3.09. The van der Waals surface area contributed by atoms with Gasteiger partial charge in [0.2, 0.25) is 11.2 Å². The number of phenolic OH excluding ortho intramolecular Hbond substituents is 1. The SMILES string of the molecule is COc1cc(-c2oc3cc(OC(C)OC(CO)CCO)ccc3c(=O)c2O)ccc1O. The molecule has 1 aromatic heterocycles. The van der Waals surface area contributed by atoms with Crippen LogP contribution in [0.4, 0.5) is 0 Å². The summed E-state index contributed by atoms with van der Waals surface area (Å²) in [7, 11) is 1.38. The lowest BCUT2D eigenvalue weighted by atomic mass is 10.1. The first-order valence-electron chi connectivity index (χ1n) is 9.59. The van der Waals surface area contributed by atoms with Gasteiger partial charge in [-0.25, -0.2) is 0 Å². The van der Waals surface area contributed by atoms with E-state index < -0.39 is 23.6 Å². The van der Waals surface area contributed by atoms with Gasteiger partial charge in [0, 0.05) is 18.2 Å². The van der Waals surface area contributed by atoms with Crippen LogP contribution >= 0.6 is 0 Å². The van der Waals surface area contributed by atoms with Crippen molar-refractivity contribution < 1.29 is 39.1 Å². The summed E-state index contributed by atoms with van der Waals surface area (Å²) < 4.78 is 22.1. The molecule has 9 heteroatoms. The quantitative estimate of drug-likeness (QED) is 0.375. The maximum absolute atomic E-state index is 12.6. The zero-order chi connectivity index (χ0) is 22.5. The number of aliphatic hydroxyl groups is 2. The molecule has 0 aliphatic carbocycles. The molecule has 31 heavy (non-hydrogen) atoms. The number of benzene rings is 2. The molecule has 0 fully saturated rings. The molecule has 0 bridgehead atoms. The van der Waals surface area contributed by atoms with Gasteiger partial charge >= 0.3 is 0 Å². The molecule has 0 aliphatic heterocycles. The Labute approximate surface area is 177 Å². The van der Waals surface area contributed by atoms with E-state index in [1.807, 2.05) is 0 Å². The number of hydrogen-bond acceptors (Lipinski definition) is 9. The summed E-state index contributed by atoms with van der Waals surface area (Å²) in [6, 6.07) is 8.75. The van der Waals surface area contributed by atoms with E-state index in [-0.39, 0.29) is 47.9 Å². The summed E-state index contributed by atoms with van der Waals surface area (Å²) >= 11 is 0. The normalized spacial score (nSPS) is 13.2. The highest BCUT2D eigenvalue weighted by Gasteiger charge is 2.18. The van der Waals surface area contributed by atoms with Gasteiger partial charge in [-0.15, -0.1) is 0 Å². The lowest BCUT2D eigenvalue weighted by Crippen LogP contribution is -2.28. The summed E-state index contributed by atoms with van der Waals surface area (Å²) in [5.41, 5.74) is -0.116. The molecule has 0 radical (unpaired) electrons. The number of aliphatic hydroxyl groups excluding tert-OH is 2. The summed E-state index contributed by atoms with van der Waals surface area (Å²) in [6.07, 6.45) is -1.06. The third-order valence-corrected chi connectivity index (χ3v) is 4.62. The highest BCUT2D eigenvalue weighted by atomic mass is 16.7. The van der Waals surface area contributed by atoms with Gasteiger partial charge in [-0.05, 0) is 43.7 Å². The Morgan fingerprint density at radius 2 is 1.87 bits per heavy atom. The van der Waals surface area contributed by atoms with E-state index in [1.165, 1.54) is 43.5 Å². The van der Waals surface area contributed by atoms with Crippen LogP contribution in [0, 0.1) is 0 Å². The first kappa shape index (κ1) is 22.4. The molecule has 2 atom stereocenters. The molecule has 2 aromatic carbocycles. The second kappa shape index (κ2) is 9.69. The van der Waals surface area contributed by atoms with Crippen LogP contribution in [0.25, 0.3) is 22.3 Å². The lowest BCUT2D eigenvalue weighted by Gasteiger charge is -2.21. The Morgan fingerprint density at radius 3 is 2.55 bits per heavy atom. The van der Waals surface area contributed by atoms with E-state index in [0.717, 1.165) is 0 Å². The standard InChI is InChI=1S/C22H24O9/c1-12(30-15(11-24)7-8-23)29-14-4-5-16-18(10-14)31-22(21(27)20(16)26)13-3-6-17(25)19(9-13)28-2/h3-6,9-10,12,15,23-25,27H,7-8,11H2,1-2H3. The minimum absolute atomic E-state index is 0.0828. The number of fused-ring (bicyclic) bond motifs is 1. The van der Waals surface area contributed by atoms with Crippen molar-refractivity contribution in [3.05, 3.63) is 46.6 Å². The van der Waals surface area contributed by atoms with Gasteiger partial charge in [0.05, 0.1) is 25.2 Å². The van der Waals surface area contributed by atoms with Crippen molar-refractivity contribution in [1.82, 2.24) is 0 Å². The van der Waals surface area contributed by atoms with Crippen molar-refractivity contribution in [3.63, 3.8) is 0 Å². The van der Waals surface area contributed by atoms with E-state index >= 15 is 0 Å². The molecular weight excluding hydrogens is 408 g/mol. The van der Waals surface area contributed by atoms with Crippen LogP contribution in [0.2, 0.25) is 0 Å². The van der Waals surface area contributed by atoms with Crippen molar-refractivity contribution in [2.45, 2.75) is 25.7 Å². The maximum atomic E-state index is 12.6. The van der Waals surface area contributed by atoms with Gasteiger partial charge in [0.15, 0.2) is 23.5 Å². The van der Waals surface area contributed by atoms with Gasteiger partial charge < -0.3 is 39.1 Å². The molecule has 1 heterocycles. The summed E-state index contributed by atoms with van der Waals surface area (Å²) in [5, 5.41) is 38.6. The van der Waals surface area contributed by atoms with Gasteiger partial charge in [0.25, 0.3) is 0 Å². The molecule has 2 unspecified atom stereocenters. The van der Waals surface area contributed by atoms with Crippen molar-refractivity contribution in [1.29, 1.82) is 0 Å². The minimum atomic E-state index is -0.745. The molecule has 3 rings (SSSR count). The molecule has 3 aromatic rings. The van der Waals surface area contributed by atoms with E-state index in [1.54, 1.807) is 6.92 Å². The zero-order valence-corrected chi connectivity index (χ0v) is 17.1. The van der Waals surface area contributed by atoms with Crippen LogP contribution in [0.3, 0.4) is 0 Å². The second-order valence-electron chi connectivity index (χ2n) is 6.79. The van der Waals surface area contributed by atoms with Gasteiger partial charge in [-0.2, -0.15) is 0 Å². The average molecular weight is 432 g/mol. The Morgan fingerprint density at radius 1 is 1.10 bits per heavy atom. The number of methoxy groups -OCH3 is 1. The molecule has 0 amide bonds.